The molecule has 110 valence electrons. The van der Waals surface area contributed by atoms with E-state index in [0.717, 1.165) is 21.7 Å². The molecule has 21 heavy (non-hydrogen) atoms. The van der Waals surface area contributed by atoms with Crippen LogP contribution >= 0.6 is 15.9 Å². The van der Waals surface area contributed by atoms with Gasteiger partial charge in [-0.1, -0.05) is 0 Å². The molecule has 4 rings (SSSR count). The predicted molar refractivity (Wildman–Crippen MR) is 79.8 cm³/mol. The van der Waals surface area contributed by atoms with E-state index in [1.54, 1.807) is 6.33 Å². The fraction of sp³-hybridized carbons (Fsp3) is 0.533. The van der Waals surface area contributed by atoms with Gasteiger partial charge in [0.25, 0.3) is 0 Å². The highest BCUT2D eigenvalue weighted by Gasteiger charge is 2.51. The van der Waals surface area contributed by atoms with Crippen LogP contribution in [0.1, 0.15) is 48.7 Å². The molecule has 0 N–H and O–H groups in total. The molecule has 2 aliphatic rings. The number of rotatable bonds is 3. The molecule has 0 unspecified atom stereocenters. The van der Waals surface area contributed by atoms with E-state index in [1.807, 2.05) is 17.7 Å². The van der Waals surface area contributed by atoms with E-state index in [-0.39, 0.29) is 5.41 Å². The van der Waals surface area contributed by atoms with Crippen LogP contribution in [0.2, 0.25) is 0 Å². The third kappa shape index (κ3) is 2.11. The second-order valence-electron chi connectivity index (χ2n) is 6.23. The lowest BCUT2D eigenvalue weighted by Gasteiger charge is -2.43. The van der Waals surface area contributed by atoms with Crippen LogP contribution in [0.4, 0.5) is 4.39 Å². The Kier molecular flexibility index (Phi) is 2.93. The Bertz CT molecular complexity index is 689. The number of hydrogen-bond acceptors (Lipinski definition) is 3. The fourth-order valence-electron chi connectivity index (χ4n) is 3.34. The van der Waals surface area contributed by atoms with Gasteiger partial charge in [0.15, 0.2) is 0 Å². The molecule has 2 saturated carbocycles. The average Bonchev–Trinajstić information content (AvgIpc) is 3.17. The minimum atomic E-state index is -0.766. The van der Waals surface area contributed by atoms with Crippen molar-refractivity contribution in [1.29, 1.82) is 0 Å². The van der Waals surface area contributed by atoms with Crippen molar-refractivity contribution in [3.05, 3.63) is 40.1 Å². The van der Waals surface area contributed by atoms with E-state index in [2.05, 4.69) is 37.2 Å². The zero-order valence-corrected chi connectivity index (χ0v) is 13.3. The number of aromatic nitrogens is 4. The van der Waals surface area contributed by atoms with Gasteiger partial charge in [-0.25, -0.2) is 9.37 Å². The van der Waals surface area contributed by atoms with Gasteiger partial charge in [-0.15, -0.1) is 10.2 Å². The number of halogens is 2. The first-order valence-corrected chi connectivity index (χ1v) is 8.04. The Morgan fingerprint density at radius 1 is 1.33 bits per heavy atom. The molecule has 2 aliphatic carbocycles. The van der Waals surface area contributed by atoms with Crippen molar-refractivity contribution in [2.75, 3.05) is 0 Å². The predicted octanol–water partition coefficient (Wildman–Crippen LogP) is 3.27. The van der Waals surface area contributed by atoms with E-state index in [1.165, 1.54) is 12.8 Å². The van der Waals surface area contributed by atoms with Gasteiger partial charge < -0.3 is 4.57 Å². The van der Waals surface area contributed by atoms with Crippen molar-refractivity contribution >= 4 is 15.9 Å². The highest BCUT2D eigenvalue weighted by atomic mass is 79.9. The molecule has 0 aliphatic heterocycles. The van der Waals surface area contributed by atoms with Crippen molar-refractivity contribution in [3.8, 4) is 0 Å². The van der Waals surface area contributed by atoms with E-state index >= 15 is 0 Å². The SMILES string of the molecule is Cn1cnnc1C1(c2cc(Br)nc(C3CC3)c2)CC(F)C1. The van der Waals surface area contributed by atoms with E-state index in [0.29, 0.717) is 18.8 Å². The third-order valence-electron chi connectivity index (χ3n) is 4.64. The number of pyridine rings is 1. The zero-order valence-electron chi connectivity index (χ0n) is 11.8. The van der Waals surface area contributed by atoms with Crippen LogP contribution in [0.15, 0.2) is 23.1 Å². The molecule has 0 saturated heterocycles. The number of hydrogen-bond donors (Lipinski definition) is 0. The van der Waals surface area contributed by atoms with Crippen LogP contribution in [0, 0.1) is 0 Å². The first-order chi connectivity index (χ1) is 10.1. The smallest absolute Gasteiger partial charge is 0.143 e. The molecule has 2 aromatic heterocycles. The Morgan fingerprint density at radius 2 is 2.10 bits per heavy atom. The highest BCUT2D eigenvalue weighted by molar-refractivity contribution is 9.10. The molecule has 0 amide bonds. The van der Waals surface area contributed by atoms with Gasteiger partial charge in [0.05, 0.1) is 5.41 Å². The third-order valence-corrected chi connectivity index (χ3v) is 5.05. The van der Waals surface area contributed by atoms with Gasteiger partial charge in [0.2, 0.25) is 0 Å². The van der Waals surface area contributed by atoms with Crippen LogP contribution in [-0.4, -0.2) is 25.9 Å². The van der Waals surface area contributed by atoms with Crippen LogP contribution in [0.3, 0.4) is 0 Å². The number of aryl methyl sites for hydroxylation is 1. The van der Waals surface area contributed by atoms with Crippen molar-refractivity contribution in [2.45, 2.75) is 43.2 Å². The summed E-state index contributed by atoms with van der Waals surface area (Å²) in [6.45, 7) is 0. The van der Waals surface area contributed by atoms with Gasteiger partial charge in [0.1, 0.15) is 22.9 Å². The summed E-state index contributed by atoms with van der Waals surface area (Å²) in [5.74, 6) is 1.41. The van der Waals surface area contributed by atoms with Crippen LogP contribution < -0.4 is 0 Å². The van der Waals surface area contributed by atoms with Crippen LogP contribution in [0.25, 0.3) is 0 Å². The molecule has 6 heteroatoms. The van der Waals surface area contributed by atoms with Crippen molar-refractivity contribution in [3.63, 3.8) is 0 Å². The molecule has 0 radical (unpaired) electrons. The Balaban J connectivity index is 1.83. The summed E-state index contributed by atoms with van der Waals surface area (Å²) in [7, 11) is 1.92. The summed E-state index contributed by atoms with van der Waals surface area (Å²) in [5.41, 5.74) is 1.86. The summed E-state index contributed by atoms with van der Waals surface area (Å²) in [6, 6.07) is 4.15. The molecule has 2 fully saturated rings. The molecule has 4 nitrogen and oxygen atoms in total. The lowest BCUT2D eigenvalue weighted by Crippen LogP contribution is -2.45. The first kappa shape index (κ1) is 13.4. The van der Waals surface area contributed by atoms with Crippen molar-refractivity contribution < 1.29 is 4.39 Å². The fourth-order valence-corrected chi connectivity index (χ4v) is 3.79. The van der Waals surface area contributed by atoms with E-state index < -0.39 is 6.17 Å². The van der Waals surface area contributed by atoms with Gasteiger partial charge in [-0.05, 0) is 59.3 Å². The topological polar surface area (TPSA) is 43.6 Å². The number of nitrogens with zero attached hydrogens (tertiary/aromatic N) is 4. The van der Waals surface area contributed by atoms with Crippen LogP contribution in [0.5, 0.6) is 0 Å². The standard InChI is InChI=1S/C15H16BrFN4/c1-21-8-18-20-14(21)15(6-11(17)7-15)10-4-12(9-2-3-9)19-13(16)5-10/h4-5,8-9,11H,2-3,6-7H2,1H3. The highest BCUT2D eigenvalue weighted by Crippen LogP contribution is 2.51. The molecule has 2 heterocycles. The Labute approximate surface area is 130 Å². The lowest BCUT2D eigenvalue weighted by molar-refractivity contribution is 0.114. The normalized spacial score (nSPS) is 28.4. The maximum atomic E-state index is 13.7. The largest absolute Gasteiger partial charge is 0.320 e. The molecule has 0 bridgehead atoms. The minimum Gasteiger partial charge on any atom is -0.320 e. The summed E-state index contributed by atoms with van der Waals surface area (Å²) in [5, 5.41) is 8.23. The molecule has 0 atom stereocenters. The second-order valence-corrected chi connectivity index (χ2v) is 7.04. The summed E-state index contributed by atoms with van der Waals surface area (Å²) < 4.78 is 16.4. The van der Waals surface area contributed by atoms with Gasteiger partial charge >= 0.3 is 0 Å². The molecule has 0 spiro atoms. The molecular formula is C15H16BrFN4. The quantitative estimate of drug-likeness (QED) is 0.798. The Hall–Kier alpha value is -1.30. The monoisotopic (exact) mass is 350 g/mol. The van der Waals surface area contributed by atoms with Gasteiger partial charge in [-0.3, -0.25) is 0 Å². The molecular weight excluding hydrogens is 335 g/mol. The van der Waals surface area contributed by atoms with Crippen LogP contribution in [-0.2, 0) is 12.5 Å². The molecule has 2 aromatic rings. The first-order valence-electron chi connectivity index (χ1n) is 7.25. The molecule has 0 aromatic carbocycles. The summed E-state index contributed by atoms with van der Waals surface area (Å²) >= 11 is 3.50. The lowest BCUT2D eigenvalue weighted by atomic mass is 9.62. The maximum absolute atomic E-state index is 13.7. The van der Waals surface area contributed by atoms with E-state index in [4.69, 9.17) is 0 Å². The van der Waals surface area contributed by atoms with Crippen molar-refractivity contribution in [2.24, 2.45) is 7.05 Å². The maximum Gasteiger partial charge on any atom is 0.143 e. The zero-order chi connectivity index (χ0) is 14.6. The van der Waals surface area contributed by atoms with E-state index in [9.17, 15) is 4.39 Å². The number of alkyl halides is 1. The van der Waals surface area contributed by atoms with Gasteiger partial charge in [0, 0.05) is 18.7 Å². The van der Waals surface area contributed by atoms with Gasteiger partial charge in [-0.2, -0.15) is 0 Å². The summed E-state index contributed by atoms with van der Waals surface area (Å²) in [6.07, 6.45) is 4.26. The Morgan fingerprint density at radius 3 is 2.67 bits per heavy atom. The minimum absolute atomic E-state index is 0.361. The average molecular weight is 351 g/mol. The summed E-state index contributed by atoms with van der Waals surface area (Å²) in [4.78, 5) is 4.57. The second kappa shape index (κ2) is 4.60. The van der Waals surface area contributed by atoms with Crippen molar-refractivity contribution in [1.82, 2.24) is 19.7 Å².